The van der Waals surface area contributed by atoms with E-state index in [2.05, 4.69) is 10.6 Å². The maximum atomic E-state index is 11.9. The van der Waals surface area contributed by atoms with Gasteiger partial charge in [-0.25, -0.2) is 9.59 Å². The first-order chi connectivity index (χ1) is 9.43. The van der Waals surface area contributed by atoms with Crippen molar-refractivity contribution >= 4 is 35.2 Å². The van der Waals surface area contributed by atoms with Crippen molar-refractivity contribution in [1.82, 2.24) is 10.6 Å². The quantitative estimate of drug-likeness (QED) is 0.825. The highest BCUT2D eigenvalue weighted by atomic mass is 35.5. The zero-order chi connectivity index (χ0) is 14.9. The van der Waals surface area contributed by atoms with Crippen molar-refractivity contribution in [2.75, 3.05) is 7.11 Å². The van der Waals surface area contributed by atoms with Crippen LogP contribution in [0.3, 0.4) is 0 Å². The number of allylic oxidation sites excluding steroid dienone is 1. The van der Waals surface area contributed by atoms with Gasteiger partial charge in [0.25, 0.3) is 0 Å². The molecular formula is C13H12Cl2N2O3. The molecule has 1 heterocycles. The monoisotopic (exact) mass is 314 g/mol. The van der Waals surface area contributed by atoms with Crippen molar-refractivity contribution in [2.45, 2.75) is 13.0 Å². The average molecular weight is 315 g/mol. The molecule has 1 atom stereocenters. The van der Waals surface area contributed by atoms with Crippen LogP contribution in [0.4, 0.5) is 4.79 Å². The lowest BCUT2D eigenvalue weighted by molar-refractivity contribution is -0.136. The molecule has 2 N–H and O–H groups in total. The molecule has 1 aromatic rings. The van der Waals surface area contributed by atoms with Crippen molar-refractivity contribution in [3.63, 3.8) is 0 Å². The van der Waals surface area contributed by atoms with Crippen molar-refractivity contribution in [1.29, 1.82) is 0 Å². The summed E-state index contributed by atoms with van der Waals surface area (Å²) in [5.74, 6) is -0.522. The summed E-state index contributed by atoms with van der Waals surface area (Å²) >= 11 is 11.8. The van der Waals surface area contributed by atoms with Gasteiger partial charge in [0.1, 0.15) is 0 Å². The fourth-order valence-corrected chi connectivity index (χ4v) is 2.32. The molecule has 0 saturated heterocycles. The number of hydrogen-bond acceptors (Lipinski definition) is 3. The van der Waals surface area contributed by atoms with E-state index in [1.807, 2.05) is 0 Å². The summed E-state index contributed by atoms with van der Waals surface area (Å²) in [6.45, 7) is 1.63. The maximum absolute atomic E-state index is 11.9. The van der Waals surface area contributed by atoms with E-state index >= 15 is 0 Å². The van der Waals surface area contributed by atoms with E-state index in [0.29, 0.717) is 26.9 Å². The molecule has 0 bridgehead atoms. The lowest BCUT2D eigenvalue weighted by Crippen LogP contribution is -2.45. The summed E-state index contributed by atoms with van der Waals surface area (Å²) in [5, 5.41) is 5.95. The van der Waals surface area contributed by atoms with Gasteiger partial charge in [0.15, 0.2) is 0 Å². The number of rotatable bonds is 2. The predicted molar refractivity (Wildman–Crippen MR) is 75.6 cm³/mol. The first kappa shape index (κ1) is 14.7. The van der Waals surface area contributed by atoms with Gasteiger partial charge in [-0.3, -0.25) is 0 Å². The van der Waals surface area contributed by atoms with Gasteiger partial charge in [0.05, 0.1) is 28.8 Å². The average Bonchev–Trinajstić information content (AvgIpc) is 2.40. The lowest BCUT2D eigenvalue weighted by Gasteiger charge is -2.28. The van der Waals surface area contributed by atoms with Gasteiger partial charge >= 0.3 is 12.0 Å². The highest BCUT2D eigenvalue weighted by molar-refractivity contribution is 6.42. The number of methoxy groups -OCH3 is 1. The predicted octanol–water partition coefficient (Wildman–Crippen LogP) is 2.79. The second kappa shape index (κ2) is 5.73. The van der Waals surface area contributed by atoms with Crippen molar-refractivity contribution < 1.29 is 14.3 Å². The van der Waals surface area contributed by atoms with E-state index in [1.165, 1.54) is 7.11 Å². The molecule has 0 radical (unpaired) electrons. The van der Waals surface area contributed by atoms with E-state index in [-0.39, 0.29) is 0 Å². The van der Waals surface area contributed by atoms with Crippen LogP contribution in [0, 0.1) is 0 Å². The third kappa shape index (κ3) is 2.73. The molecule has 5 nitrogen and oxygen atoms in total. The van der Waals surface area contributed by atoms with Gasteiger partial charge < -0.3 is 15.4 Å². The highest BCUT2D eigenvalue weighted by Crippen LogP contribution is 2.31. The first-order valence-corrected chi connectivity index (χ1v) is 6.51. The van der Waals surface area contributed by atoms with Crippen LogP contribution >= 0.6 is 23.2 Å². The Balaban J connectivity index is 2.50. The van der Waals surface area contributed by atoms with Crippen LogP contribution in [0.1, 0.15) is 18.5 Å². The first-order valence-electron chi connectivity index (χ1n) is 5.75. The molecule has 1 aliphatic rings. The van der Waals surface area contributed by atoms with Gasteiger partial charge in [0, 0.05) is 5.70 Å². The molecule has 7 heteroatoms. The summed E-state index contributed by atoms with van der Waals surface area (Å²) < 4.78 is 4.75. The number of hydrogen-bond donors (Lipinski definition) is 2. The summed E-state index contributed by atoms with van der Waals surface area (Å²) in [6.07, 6.45) is 0. The number of carbonyl (C=O) groups is 2. The molecule has 1 unspecified atom stereocenters. The summed E-state index contributed by atoms with van der Waals surface area (Å²) in [5.41, 5.74) is 1.41. The van der Waals surface area contributed by atoms with Crippen LogP contribution in [-0.2, 0) is 9.53 Å². The molecule has 0 aromatic heterocycles. The third-order valence-electron chi connectivity index (χ3n) is 2.95. The zero-order valence-corrected chi connectivity index (χ0v) is 12.3. The molecule has 1 aromatic carbocycles. The highest BCUT2D eigenvalue weighted by Gasteiger charge is 2.31. The van der Waals surface area contributed by atoms with E-state index in [9.17, 15) is 9.59 Å². The Morgan fingerprint density at radius 3 is 2.60 bits per heavy atom. The van der Waals surface area contributed by atoms with Gasteiger partial charge in [-0.15, -0.1) is 0 Å². The SMILES string of the molecule is COC(=O)C1=C(C)NC(=O)NC1c1ccc(Cl)c(Cl)c1. The zero-order valence-electron chi connectivity index (χ0n) is 10.8. The molecule has 0 aliphatic carbocycles. The summed E-state index contributed by atoms with van der Waals surface area (Å²) in [6, 6.07) is 3.88. The third-order valence-corrected chi connectivity index (χ3v) is 3.69. The number of nitrogens with one attached hydrogen (secondary N) is 2. The fourth-order valence-electron chi connectivity index (χ4n) is 2.02. The molecule has 0 fully saturated rings. The number of carbonyl (C=O) groups excluding carboxylic acids is 2. The molecule has 2 rings (SSSR count). The van der Waals surface area contributed by atoms with Crippen LogP contribution in [0.2, 0.25) is 10.0 Å². The molecule has 2 amide bonds. The number of benzene rings is 1. The van der Waals surface area contributed by atoms with Crippen LogP contribution in [-0.4, -0.2) is 19.1 Å². The standard InChI is InChI=1S/C13H12Cl2N2O3/c1-6-10(12(18)20-2)11(17-13(19)16-6)7-3-4-8(14)9(15)5-7/h3-5,11H,1-2H3,(H2,16,17,19). The van der Waals surface area contributed by atoms with Crippen LogP contribution in [0.5, 0.6) is 0 Å². The largest absolute Gasteiger partial charge is 0.466 e. The van der Waals surface area contributed by atoms with Gasteiger partial charge in [-0.2, -0.15) is 0 Å². The Morgan fingerprint density at radius 2 is 2.00 bits per heavy atom. The topological polar surface area (TPSA) is 67.4 Å². The Labute approximate surface area is 125 Å². The van der Waals surface area contributed by atoms with Gasteiger partial charge in [-0.05, 0) is 24.6 Å². The molecule has 20 heavy (non-hydrogen) atoms. The van der Waals surface area contributed by atoms with E-state index in [0.717, 1.165) is 0 Å². The van der Waals surface area contributed by atoms with Gasteiger partial charge in [-0.1, -0.05) is 29.3 Å². The Morgan fingerprint density at radius 1 is 1.30 bits per heavy atom. The summed E-state index contributed by atoms with van der Waals surface area (Å²) in [7, 11) is 1.28. The summed E-state index contributed by atoms with van der Waals surface area (Å²) in [4.78, 5) is 23.5. The maximum Gasteiger partial charge on any atom is 0.337 e. The van der Waals surface area contributed by atoms with Crippen LogP contribution in [0.25, 0.3) is 0 Å². The molecule has 1 aliphatic heterocycles. The van der Waals surface area contributed by atoms with Crippen LogP contribution in [0.15, 0.2) is 29.5 Å². The van der Waals surface area contributed by atoms with Crippen molar-refractivity contribution in [2.24, 2.45) is 0 Å². The van der Waals surface area contributed by atoms with E-state index in [1.54, 1.807) is 25.1 Å². The lowest BCUT2D eigenvalue weighted by atomic mass is 9.95. The molecule has 0 spiro atoms. The second-order valence-corrected chi connectivity index (χ2v) is 5.05. The Bertz CT molecular complexity index is 614. The second-order valence-electron chi connectivity index (χ2n) is 4.24. The number of ether oxygens (including phenoxy) is 1. The molecule has 0 saturated carbocycles. The minimum Gasteiger partial charge on any atom is -0.466 e. The number of urea groups is 1. The Hall–Kier alpha value is -1.72. The normalized spacial score (nSPS) is 18.4. The van der Waals surface area contributed by atoms with E-state index in [4.69, 9.17) is 27.9 Å². The molecular weight excluding hydrogens is 303 g/mol. The fraction of sp³-hybridized carbons (Fsp3) is 0.231. The number of amides is 2. The Kier molecular flexibility index (Phi) is 4.20. The van der Waals surface area contributed by atoms with E-state index < -0.39 is 18.0 Å². The molecule has 106 valence electrons. The minimum absolute atomic E-state index is 0.325. The van der Waals surface area contributed by atoms with Crippen molar-refractivity contribution in [3.05, 3.63) is 45.1 Å². The smallest absolute Gasteiger partial charge is 0.337 e. The van der Waals surface area contributed by atoms with Crippen molar-refractivity contribution in [3.8, 4) is 0 Å². The number of esters is 1. The number of halogens is 2. The minimum atomic E-state index is -0.633. The van der Waals surface area contributed by atoms with Crippen LogP contribution < -0.4 is 10.6 Å². The van der Waals surface area contributed by atoms with Gasteiger partial charge in [0.2, 0.25) is 0 Å².